The van der Waals surface area contributed by atoms with Crippen molar-refractivity contribution in [2.45, 2.75) is 6.92 Å². The van der Waals surface area contributed by atoms with Gasteiger partial charge in [0.2, 0.25) is 6.79 Å². The molecule has 0 spiro atoms. The minimum Gasteiger partial charge on any atom is -0.462 e. The Kier molecular flexibility index (Phi) is 3.78. The lowest BCUT2D eigenvalue weighted by atomic mass is 9.90. The van der Waals surface area contributed by atoms with Crippen molar-refractivity contribution in [2.75, 3.05) is 26.6 Å². The number of halogens is 1. The number of hydrogen-bond donors (Lipinski definition) is 0. The molecule has 1 aromatic rings. The molecule has 1 saturated heterocycles. The van der Waals surface area contributed by atoms with Crippen LogP contribution in [0.1, 0.15) is 12.5 Å². The zero-order valence-electron chi connectivity index (χ0n) is 11.6. The fraction of sp³-hybridized carbons (Fsp3) is 0.400. The van der Waals surface area contributed by atoms with Gasteiger partial charge in [-0.1, -0.05) is 18.5 Å². The van der Waals surface area contributed by atoms with Crippen LogP contribution in [0.3, 0.4) is 0 Å². The van der Waals surface area contributed by atoms with Crippen LogP contribution in [0.15, 0.2) is 18.2 Å². The third-order valence-corrected chi connectivity index (χ3v) is 3.61. The predicted octanol–water partition coefficient (Wildman–Crippen LogP) is 2.66. The molecule has 0 saturated carbocycles. The Morgan fingerprint density at radius 1 is 1.43 bits per heavy atom. The highest BCUT2D eigenvalue weighted by Gasteiger charge is 2.34. The first-order valence-corrected chi connectivity index (χ1v) is 6.95. The van der Waals surface area contributed by atoms with E-state index in [9.17, 15) is 4.79 Å². The lowest BCUT2D eigenvalue weighted by molar-refractivity contribution is -0.160. The summed E-state index contributed by atoms with van der Waals surface area (Å²) in [5.74, 6) is 0.723. The number of rotatable bonds is 4. The fourth-order valence-corrected chi connectivity index (χ4v) is 2.35. The molecule has 2 heterocycles. The first-order valence-electron chi connectivity index (χ1n) is 6.57. The monoisotopic (exact) mass is 310 g/mol. The highest BCUT2D eigenvalue weighted by Crippen LogP contribution is 2.40. The van der Waals surface area contributed by atoms with Gasteiger partial charge in [-0.3, -0.25) is 0 Å². The number of hydrogen-bond acceptors (Lipinski definition) is 5. The van der Waals surface area contributed by atoms with E-state index in [1.807, 2.05) is 6.92 Å². The van der Waals surface area contributed by atoms with Crippen molar-refractivity contribution in [3.05, 3.63) is 28.8 Å². The van der Waals surface area contributed by atoms with E-state index in [0.29, 0.717) is 36.3 Å². The number of carbonyl (C=O) groups is 1. The quantitative estimate of drug-likeness (QED) is 0.632. The van der Waals surface area contributed by atoms with Crippen LogP contribution in [0.2, 0.25) is 5.02 Å². The van der Waals surface area contributed by atoms with Gasteiger partial charge >= 0.3 is 5.97 Å². The van der Waals surface area contributed by atoms with E-state index in [1.54, 1.807) is 18.2 Å². The first kappa shape index (κ1) is 14.2. The maximum Gasteiger partial charge on any atom is 0.330 e. The Labute approximate surface area is 127 Å². The van der Waals surface area contributed by atoms with Crippen molar-refractivity contribution in [2.24, 2.45) is 5.41 Å². The zero-order valence-corrected chi connectivity index (χ0v) is 12.3. The summed E-state index contributed by atoms with van der Waals surface area (Å²) in [6.45, 7) is 3.79. The van der Waals surface area contributed by atoms with Crippen LogP contribution in [0.25, 0.3) is 6.08 Å². The Bertz CT molecular complexity index is 592. The van der Waals surface area contributed by atoms with E-state index in [4.69, 9.17) is 30.5 Å². The zero-order chi connectivity index (χ0) is 14.9. The Balaban J connectivity index is 1.60. The maximum atomic E-state index is 11.7. The van der Waals surface area contributed by atoms with Crippen molar-refractivity contribution in [3.63, 3.8) is 0 Å². The van der Waals surface area contributed by atoms with Crippen molar-refractivity contribution < 1.29 is 23.7 Å². The van der Waals surface area contributed by atoms with Gasteiger partial charge in [0.05, 0.1) is 18.2 Å². The molecule has 1 aromatic carbocycles. The first-order chi connectivity index (χ1) is 10.1. The SMILES string of the molecule is CC1(COC(=O)/C=C/c2cc(Cl)c3c(c2)OCO3)COC1. The normalized spacial score (nSPS) is 18.6. The molecular formula is C15H15ClO5. The number of benzene rings is 1. The number of fused-ring (bicyclic) bond motifs is 1. The van der Waals surface area contributed by atoms with E-state index >= 15 is 0 Å². The van der Waals surface area contributed by atoms with Gasteiger partial charge < -0.3 is 18.9 Å². The summed E-state index contributed by atoms with van der Waals surface area (Å²) in [4.78, 5) is 11.7. The smallest absolute Gasteiger partial charge is 0.330 e. The van der Waals surface area contributed by atoms with Crippen molar-refractivity contribution >= 4 is 23.6 Å². The van der Waals surface area contributed by atoms with Gasteiger partial charge in [0.1, 0.15) is 6.61 Å². The Morgan fingerprint density at radius 2 is 2.24 bits per heavy atom. The average molecular weight is 311 g/mol. The molecule has 0 N–H and O–H groups in total. The summed E-state index contributed by atoms with van der Waals surface area (Å²) in [5.41, 5.74) is 0.699. The van der Waals surface area contributed by atoms with Crippen molar-refractivity contribution in [3.8, 4) is 11.5 Å². The largest absolute Gasteiger partial charge is 0.462 e. The van der Waals surface area contributed by atoms with Crippen LogP contribution in [0.4, 0.5) is 0 Å². The molecule has 0 bridgehead atoms. The summed E-state index contributed by atoms with van der Waals surface area (Å²) in [6, 6.07) is 3.47. The minimum atomic E-state index is -0.392. The van der Waals surface area contributed by atoms with Gasteiger partial charge in [0.25, 0.3) is 0 Å². The highest BCUT2D eigenvalue weighted by atomic mass is 35.5. The second-order valence-electron chi connectivity index (χ2n) is 5.48. The second-order valence-corrected chi connectivity index (χ2v) is 5.89. The van der Waals surface area contributed by atoms with Gasteiger partial charge in [-0.15, -0.1) is 0 Å². The molecule has 0 aromatic heterocycles. The molecule has 6 heteroatoms. The standard InChI is InChI=1S/C15H15ClO5/c1-15(6-18-7-15)8-19-13(17)3-2-10-4-11(16)14-12(5-10)20-9-21-14/h2-5H,6-9H2,1H3/b3-2+. The molecule has 0 atom stereocenters. The van der Waals surface area contributed by atoms with Gasteiger partial charge in [-0.25, -0.2) is 4.79 Å². The average Bonchev–Trinajstić information content (AvgIpc) is 2.89. The molecule has 112 valence electrons. The van der Waals surface area contributed by atoms with Crippen LogP contribution in [0.5, 0.6) is 11.5 Å². The molecule has 0 radical (unpaired) electrons. The highest BCUT2D eigenvalue weighted by molar-refractivity contribution is 6.32. The third-order valence-electron chi connectivity index (χ3n) is 3.33. The summed E-state index contributed by atoms with van der Waals surface area (Å²) < 4.78 is 20.8. The molecule has 0 unspecified atom stereocenters. The van der Waals surface area contributed by atoms with Crippen molar-refractivity contribution in [1.82, 2.24) is 0 Å². The Hall–Kier alpha value is -1.72. The number of ether oxygens (including phenoxy) is 4. The van der Waals surface area contributed by atoms with Crippen LogP contribution < -0.4 is 9.47 Å². The molecule has 1 fully saturated rings. The van der Waals surface area contributed by atoms with Gasteiger partial charge in [-0.05, 0) is 23.8 Å². The summed E-state index contributed by atoms with van der Waals surface area (Å²) >= 11 is 6.07. The molecule has 5 nitrogen and oxygen atoms in total. The van der Waals surface area contributed by atoms with E-state index in [1.165, 1.54) is 6.08 Å². The summed E-state index contributed by atoms with van der Waals surface area (Å²) in [6.07, 6.45) is 3.01. The van der Waals surface area contributed by atoms with E-state index in [0.717, 1.165) is 5.56 Å². The van der Waals surface area contributed by atoms with Crippen molar-refractivity contribution in [1.29, 1.82) is 0 Å². The molecule has 0 aliphatic carbocycles. The van der Waals surface area contributed by atoms with E-state index < -0.39 is 5.97 Å². The minimum absolute atomic E-state index is 0.0500. The van der Waals surface area contributed by atoms with Crippen LogP contribution in [-0.4, -0.2) is 32.6 Å². The van der Waals surface area contributed by atoms with Crippen LogP contribution in [-0.2, 0) is 14.3 Å². The summed E-state index contributed by atoms with van der Waals surface area (Å²) in [7, 11) is 0. The lowest BCUT2D eigenvalue weighted by Crippen LogP contribution is -2.43. The lowest BCUT2D eigenvalue weighted by Gasteiger charge is -2.36. The number of esters is 1. The van der Waals surface area contributed by atoms with E-state index in [-0.39, 0.29) is 12.2 Å². The van der Waals surface area contributed by atoms with Crippen LogP contribution >= 0.6 is 11.6 Å². The Morgan fingerprint density at radius 3 is 2.95 bits per heavy atom. The maximum absolute atomic E-state index is 11.7. The number of carbonyl (C=O) groups excluding carboxylic acids is 1. The van der Waals surface area contributed by atoms with E-state index in [2.05, 4.69) is 0 Å². The molecule has 2 aliphatic rings. The van der Waals surface area contributed by atoms with Crippen LogP contribution in [0, 0.1) is 5.41 Å². The molecular weight excluding hydrogens is 296 g/mol. The predicted molar refractivity (Wildman–Crippen MR) is 76.5 cm³/mol. The molecule has 0 amide bonds. The summed E-state index contributed by atoms with van der Waals surface area (Å²) in [5, 5.41) is 0.456. The molecule has 21 heavy (non-hydrogen) atoms. The van der Waals surface area contributed by atoms with Gasteiger partial charge in [0.15, 0.2) is 11.5 Å². The second kappa shape index (κ2) is 5.58. The van der Waals surface area contributed by atoms with Gasteiger partial charge in [0, 0.05) is 11.5 Å². The fourth-order valence-electron chi connectivity index (χ4n) is 2.08. The molecule has 2 aliphatic heterocycles. The topological polar surface area (TPSA) is 54.0 Å². The van der Waals surface area contributed by atoms with Gasteiger partial charge in [-0.2, -0.15) is 0 Å². The molecule has 3 rings (SSSR count). The third kappa shape index (κ3) is 3.14.